The monoisotopic (exact) mass is 190 g/mol. The van der Waals surface area contributed by atoms with E-state index in [1.54, 1.807) is 18.5 Å². The highest BCUT2D eigenvalue weighted by atomic mass is 16.5. The molecule has 0 radical (unpaired) electrons. The van der Waals surface area contributed by atoms with Crippen LogP contribution in [0.4, 0.5) is 0 Å². The van der Waals surface area contributed by atoms with E-state index in [1.165, 1.54) is 0 Å². The van der Waals surface area contributed by atoms with Crippen LogP contribution in [0.25, 0.3) is 11.6 Å². The average Bonchev–Trinajstić information content (AvgIpc) is 2.68. The first kappa shape index (κ1) is 8.80. The molecule has 0 aromatic carbocycles. The molecule has 2 rings (SSSR count). The fourth-order valence-corrected chi connectivity index (χ4v) is 0.975. The van der Waals surface area contributed by atoms with Crippen molar-refractivity contribution in [1.29, 1.82) is 0 Å². The first-order valence-electron chi connectivity index (χ1n) is 4.38. The van der Waals surface area contributed by atoms with E-state index in [9.17, 15) is 0 Å². The molecular formula is C9H10N4O. The second-order valence-electron chi connectivity index (χ2n) is 3.18. The molecule has 0 saturated heterocycles. The van der Waals surface area contributed by atoms with Gasteiger partial charge >= 0.3 is 0 Å². The summed E-state index contributed by atoms with van der Waals surface area (Å²) in [6, 6.07) is 1.74. The Morgan fingerprint density at radius 2 is 1.86 bits per heavy atom. The van der Waals surface area contributed by atoms with Gasteiger partial charge in [0.25, 0.3) is 0 Å². The zero-order chi connectivity index (χ0) is 9.97. The molecule has 0 amide bonds. The number of rotatable bonds is 2. The maximum atomic E-state index is 5.04. The fraction of sp³-hybridized carbons (Fsp3) is 0.333. The Balaban J connectivity index is 2.34. The summed E-state index contributed by atoms with van der Waals surface area (Å²) in [5.74, 6) is 1.75. The number of hydrogen-bond acceptors (Lipinski definition) is 5. The van der Waals surface area contributed by atoms with E-state index in [-0.39, 0.29) is 5.92 Å². The minimum atomic E-state index is 0.222. The zero-order valence-electron chi connectivity index (χ0n) is 8.01. The molecule has 0 aliphatic carbocycles. The molecule has 0 unspecified atom stereocenters. The quantitative estimate of drug-likeness (QED) is 0.720. The van der Waals surface area contributed by atoms with Crippen LogP contribution >= 0.6 is 0 Å². The molecule has 0 N–H and O–H groups in total. The van der Waals surface area contributed by atoms with Crippen molar-refractivity contribution in [2.45, 2.75) is 19.8 Å². The van der Waals surface area contributed by atoms with Crippen molar-refractivity contribution in [3.8, 4) is 11.6 Å². The van der Waals surface area contributed by atoms with Gasteiger partial charge in [0, 0.05) is 18.3 Å². The molecule has 5 heteroatoms. The van der Waals surface area contributed by atoms with Gasteiger partial charge in [0.05, 0.1) is 0 Å². The maximum absolute atomic E-state index is 5.04. The third kappa shape index (κ3) is 1.61. The van der Waals surface area contributed by atoms with Gasteiger partial charge in [-0.1, -0.05) is 19.0 Å². The Bertz CT molecular complexity index is 410. The fourth-order valence-electron chi connectivity index (χ4n) is 0.975. The summed E-state index contributed by atoms with van der Waals surface area (Å²) in [6.45, 7) is 3.98. The van der Waals surface area contributed by atoms with Crippen LogP contribution in [0.1, 0.15) is 25.7 Å². The normalized spacial score (nSPS) is 10.8. The van der Waals surface area contributed by atoms with Gasteiger partial charge in [-0.25, -0.2) is 9.97 Å². The van der Waals surface area contributed by atoms with E-state index in [0.717, 1.165) is 0 Å². The lowest BCUT2D eigenvalue weighted by molar-refractivity contribution is 0.365. The summed E-state index contributed by atoms with van der Waals surface area (Å²) < 4.78 is 5.04. The van der Waals surface area contributed by atoms with Crippen LogP contribution in [0.15, 0.2) is 23.0 Å². The van der Waals surface area contributed by atoms with Crippen molar-refractivity contribution in [3.63, 3.8) is 0 Å². The molecular weight excluding hydrogens is 180 g/mol. The molecule has 0 aliphatic heterocycles. The van der Waals surface area contributed by atoms with Crippen LogP contribution in [0.5, 0.6) is 0 Å². The Morgan fingerprint density at radius 1 is 1.14 bits per heavy atom. The Labute approximate surface area is 81.2 Å². The minimum Gasteiger partial charge on any atom is -0.339 e. The van der Waals surface area contributed by atoms with Crippen molar-refractivity contribution >= 4 is 0 Å². The van der Waals surface area contributed by atoms with Crippen molar-refractivity contribution in [2.75, 3.05) is 0 Å². The Hall–Kier alpha value is -1.78. The summed E-state index contributed by atoms with van der Waals surface area (Å²) in [7, 11) is 0. The largest absolute Gasteiger partial charge is 0.339 e. The predicted octanol–water partition coefficient (Wildman–Crippen LogP) is 1.65. The van der Waals surface area contributed by atoms with E-state index >= 15 is 0 Å². The molecule has 0 saturated carbocycles. The summed E-state index contributed by atoms with van der Waals surface area (Å²) in [6.07, 6.45) is 3.29. The molecule has 0 bridgehead atoms. The van der Waals surface area contributed by atoms with Crippen LogP contribution in [0.3, 0.4) is 0 Å². The van der Waals surface area contributed by atoms with E-state index in [0.29, 0.717) is 17.5 Å². The molecule has 0 aliphatic rings. The molecule has 0 fully saturated rings. The smallest absolute Gasteiger partial charge is 0.240 e. The van der Waals surface area contributed by atoms with Gasteiger partial charge < -0.3 is 4.52 Å². The first-order chi connectivity index (χ1) is 6.77. The highest BCUT2D eigenvalue weighted by Crippen LogP contribution is 2.15. The maximum Gasteiger partial charge on any atom is 0.240 e. The SMILES string of the molecule is CC(C)c1nc(-c2ncccn2)no1. The molecule has 0 spiro atoms. The van der Waals surface area contributed by atoms with Crippen molar-refractivity contribution in [2.24, 2.45) is 0 Å². The molecule has 14 heavy (non-hydrogen) atoms. The highest BCUT2D eigenvalue weighted by molar-refractivity contribution is 5.40. The molecule has 72 valence electrons. The average molecular weight is 190 g/mol. The van der Waals surface area contributed by atoms with Gasteiger partial charge in [-0.3, -0.25) is 0 Å². The number of nitrogens with zero attached hydrogens (tertiary/aromatic N) is 4. The molecule has 2 heterocycles. The lowest BCUT2D eigenvalue weighted by atomic mass is 10.2. The van der Waals surface area contributed by atoms with E-state index in [4.69, 9.17) is 4.52 Å². The summed E-state index contributed by atoms with van der Waals surface area (Å²) in [5.41, 5.74) is 0. The van der Waals surface area contributed by atoms with Gasteiger partial charge in [-0.05, 0) is 6.07 Å². The summed E-state index contributed by atoms with van der Waals surface area (Å²) >= 11 is 0. The van der Waals surface area contributed by atoms with Crippen molar-refractivity contribution in [1.82, 2.24) is 20.1 Å². The van der Waals surface area contributed by atoms with Crippen LogP contribution in [-0.4, -0.2) is 20.1 Å². The summed E-state index contributed by atoms with van der Waals surface area (Å²) in [5, 5.41) is 3.80. The lowest BCUT2D eigenvalue weighted by Gasteiger charge is -1.92. The van der Waals surface area contributed by atoms with Gasteiger partial charge in [-0.15, -0.1) is 0 Å². The zero-order valence-corrected chi connectivity index (χ0v) is 8.01. The number of aromatic nitrogens is 4. The van der Waals surface area contributed by atoms with Crippen molar-refractivity contribution in [3.05, 3.63) is 24.4 Å². The third-order valence-corrected chi connectivity index (χ3v) is 1.70. The van der Waals surface area contributed by atoms with Gasteiger partial charge in [0.2, 0.25) is 17.5 Å². The Kier molecular flexibility index (Phi) is 2.22. The highest BCUT2D eigenvalue weighted by Gasteiger charge is 2.12. The van der Waals surface area contributed by atoms with Crippen LogP contribution < -0.4 is 0 Å². The van der Waals surface area contributed by atoms with Crippen molar-refractivity contribution < 1.29 is 4.52 Å². The lowest BCUT2D eigenvalue weighted by Crippen LogP contribution is -1.90. The van der Waals surface area contributed by atoms with E-state index in [1.807, 2.05) is 13.8 Å². The third-order valence-electron chi connectivity index (χ3n) is 1.70. The molecule has 0 atom stereocenters. The first-order valence-corrected chi connectivity index (χ1v) is 4.38. The molecule has 2 aromatic heterocycles. The predicted molar refractivity (Wildman–Crippen MR) is 49.4 cm³/mol. The van der Waals surface area contributed by atoms with E-state index in [2.05, 4.69) is 20.1 Å². The molecule has 2 aromatic rings. The van der Waals surface area contributed by atoms with Gasteiger partial charge in [0.1, 0.15) is 0 Å². The second-order valence-corrected chi connectivity index (χ2v) is 3.18. The van der Waals surface area contributed by atoms with Gasteiger partial charge in [-0.2, -0.15) is 4.98 Å². The topological polar surface area (TPSA) is 64.7 Å². The Morgan fingerprint density at radius 3 is 2.43 bits per heavy atom. The van der Waals surface area contributed by atoms with Gasteiger partial charge in [0.15, 0.2) is 0 Å². The van der Waals surface area contributed by atoms with Crippen LogP contribution in [-0.2, 0) is 0 Å². The van der Waals surface area contributed by atoms with Crippen LogP contribution in [0.2, 0.25) is 0 Å². The number of hydrogen-bond donors (Lipinski definition) is 0. The standard InChI is InChI=1S/C9H10N4O/c1-6(2)9-12-8(13-14-9)7-10-4-3-5-11-7/h3-6H,1-2H3. The van der Waals surface area contributed by atoms with Crippen LogP contribution in [0, 0.1) is 0 Å². The minimum absolute atomic E-state index is 0.222. The second kappa shape index (κ2) is 3.53. The molecule has 5 nitrogen and oxygen atoms in total. The summed E-state index contributed by atoms with van der Waals surface area (Å²) in [4.78, 5) is 12.2. The van der Waals surface area contributed by atoms with E-state index < -0.39 is 0 Å².